The molecule has 1 aliphatic heterocycles. The maximum absolute atomic E-state index is 13.2. The summed E-state index contributed by atoms with van der Waals surface area (Å²) in [4.78, 5) is 39.0. The van der Waals surface area contributed by atoms with Gasteiger partial charge in [-0.3, -0.25) is 14.9 Å². The predicted molar refractivity (Wildman–Crippen MR) is 133 cm³/mol. The van der Waals surface area contributed by atoms with E-state index in [0.29, 0.717) is 35.4 Å². The van der Waals surface area contributed by atoms with E-state index in [1.54, 1.807) is 31.4 Å². The van der Waals surface area contributed by atoms with E-state index in [9.17, 15) is 14.4 Å². The fraction of sp³-hybridized carbons (Fsp3) is 0.192. The Hall–Kier alpha value is -4.04. The summed E-state index contributed by atoms with van der Waals surface area (Å²) in [5.41, 5.74) is 2.58. The minimum absolute atomic E-state index is 0.164. The highest BCUT2D eigenvalue weighted by atomic mass is 35.5. The number of nitrogens with zero attached hydrogens (tertiary/aromatic N) is 2. The average molecular weight is 494 g/mol. The lowest BCUT2D eigenvalue weighted by atomic mass is 10.1. The zero-order valence-electron chi connectivity index (χ0n) is 19.5. The highest BCUT2D eigenvalue weighted by molar-refractivity contribution is 6.39. The third-order valence-corrected chi connectivity index (χ3v) is 5.99. The number of aryl methyl sites for hydroxylation is 2. The summed E-state index contributed by atoms with van der Waals surface area (Å²) in [7, 11) is 1.59. The van der Waals surface area contributed by atoms with Gasteiger partial charge >= 0.3 is 6.03 Å². The Balaban J connectivity index is 1.54. The summed E-state index contributed by atoms with van der Waals surface area (Å²) in [6.07, 6.45) is 3.27. The highest BCUT2D eigenvalue weighted by Gasteiger charge is 2.37. The van der Waals surface area contributed by atoms with E-state index in [0.717, 1.165) is 16.0 Å². The van der Waals surface area contributed by atoms with Gasteiger partial charge in [0.2, 0.25) is 0 Å². The van der Waals surface area contributed by atoms with Gasteiger partial charge in [0.05, 0.1) is 19.3 Å². The number of ether oxygens (including phenoxy) is 2. The molecule has 1 aromatic heterocycles. The first-order valence-electron chi connectivity index (χ1n) is 10.9. The van der Waals surface area contributed by atoms with Gasteiger partial charge in [0.25, 0.3) is 11.8 Å². The second-order valence-electron chi connectivity index (χ2n) is 8.02. The zero-order chi connectivity index (χ0) is 25.1. The van der Waals surface area contributed by atoms with Crippen LogP contribution in [0.25, 0.3) is 6.08 Å². The molecule has 2 aromatic carbocycles. The molecule has 0 atom stereocenters. The van der Waals surface area contributed by atoms with E-state index in [1.807, 2.05) is 42.8 Å². The number of nitrogens with one attached hydrogen (secondary N) is 1. The molecule has 1 N–H and O–H groups in total. The van der Waals surface area contributed by atoms with Crippen LogP contribution in [0, 0.1) is 13.8 Å². The number of urea groups is 1. The second-order valence-corrected chi connectivity index (χ2v) is 8.43. The third kappa shape index (κ3) is 5.07. The number of rotatable bonds is 7. The maximum Gasteiger partial charge on any atom is 0.335 e. The van der Waals surface area contributed by atoms with Crippen molar-refractivity contribution >= 4 is 41.2 Å². The van der Waals surface area contributed by atoms with Crippen LogP contribution >= 0.6 is 11.6 Å². The first kappa shape index (κ1) is 24.1. The minimum atomic E-state index is -0.826. The SMILES string of the molecule is COc1cc(C)ccc1OCCn1cccc1/C=C1\C(=O)NC(=O)N(c2ccc(C)c(Cl)c2)C1=O. The van der Waals surface area contributed by atoms with Gasteiger partial charge in [0.15, 0.2) is 11.5 Å². The third-order valence-electron chi connectivity index (χ3n) is 5.58. The number of methoxy groups -OCH3 is 1. The lowest BCUT2D eigenvalue weighted by Gasteiger charge is -2.26. The van der Waals surface area contributed by atoms with Crippen LogP contribution in [0.4, 0.5) is 10.5 Å². The molecule has 0 saturated carbocycles. The van der Waals surface area contributed by atoms with Gasteiger partial charge in [-0.25, -0.2) is 9.69 Å². The standard InChI is InChI=1S/C26H24ClN3O5/c1-16-6-9-22(23(13-16)34-3)35-12-11-29-10-4-5-18(29)14-20-24(31)28-26(33)30(25(20)32)19-8-7-17(2)21(27)15-19/h4-10,13-15H,11-12H2,1-3H3,(H,28,31,33)/b20-14+. The number of benzene rings is 2. The summed E-state index contributed by atoms with van der Waals surface area (Å²) in [6, 6.07) is 13.2. The normalized spacial score (nSPS) is 14.9. The smallest absolute Gasteiger partial charge is 0.335 e. The summed E-state index contributed by atoms with van der Waals surface area (Å²) in [5, 5.41) is 2.63. The predicted octanol–water partition coefficient (Wildman–Crippen LogP) is 4.51. The van der Waals surface area contributed by atoms with Crippen LogP contribution in [0.15, 0.2) is 60.3 Å². The fourth-order valence-electron chi connectivity index (χ4n) is 3.67. The quantitative estimate of drug-likeness (QED) is 0.386. The molecule has 0 aliphatic carbocycles. The number of imide groups is 2. The molecule has 180 valence electrons. The van der Waals surface area contributed by atoms with Crippen LogP contribution < -0.4 is 19.7 Å². The van der Waals surface area contributed by atoms with Gasteiger partial charge in [0.1, 0.15) is 12.2 Å². The molecule has 0 bridgehead atoms. The number of aromatic nitrogens is 1. The van der Waals surface area contributed by atoms with Gasteiger partial charge in [-0.1, -0.05) is 23.7 Å². The maximum atomic E-state index is 13.2. The molecule has 2 heterocycles. The Kier molecular flexibility index (Phi) is 6.93. The van der Waals surface area contributed by atoms with E-state index < -0.39 is 17.8 Å². The molecule has 1 fully saturated rings. The molecule has 1 saturated heterocycles. The number of hydrogen-bond acceptors (Lipinski definition) is 5. The lowest BCUT2D eigenvalue weighted by molar-refractivity contribution is -0.122. The van der Waals surface area contributed by atoms with Gasteiger partial charge in [-0.2, -0.15) is 0 Å². The lowest BCUT2D eigenvalue weighted by Crippen LogP contribution is -2.54. The van der Waals surface area contributed by atoms with Crippen LogP contribution in [-0.2, 0) is 16.1 Å². The van der Waals surface area contributed by atoms with Crippen LogP contribution in [-0.4, -0.2) is 36.1 Å². The molecule has 35 heavy (non-hydrogen) atoms. The van der Waals surface area contributed by atoms with E-state index in [4.69, 9.17) is 21.1 Å². The Morgan fingerprint density at radius 2 is 1.83 bits per heavy atom. The first-order valence-corrected chi connectivity index (χ1v) is 11.3. The highest BCUT2D eigenvalue weighted by Crippen LogP contribution is 2.28. The fourth-order valence-corrected chi connectivity index (χ4v) is 3.85. The van der Waals surface area contributed by atoms with Crippen molar-refractivity contribution in [2.24, 2.45) is 0 Å². The van der Waals surface area contributed by atoms with E-state index in [-0.39, 0.29) is 11.3 Å². The Bertz CT molecular complexity index is 1340. The molecule has 1 aliphatic rings. The average Bonchev–Trinajstić information content (AvgIpc) is 3.26. The van der Waals surface area contributed by atoms with Gasteiger partial charge in [-0.15, -0.1) is 0 Å². The summed E-state index contributed by atoms with van der Waals surface area (Å²) in [6.45, 7) is 4.56. The molecule has 4 rings (SSSR count). The molecular formula is C26H24ClN3O5. The van der Waals surface area contributed by atoms with Gasteiger partial charge < -0.3 is 14.0 Å². The van der Waals surface area contributed by atoms with Crippen molar-refractivity contribution in [1.82, 2.24) is 9.88 Å². The van der Waals surface area contributed by atoms with Crippen molar-refractivity contribution < 1.29 is 23.9 Å². The Labute approximate surface area is 207 Å². The monoisotopic (exact) mass is 493 g/mol. The summed E-state index contributed by atoms with van der Waals surface area (Å²) >= 11 is 6.17. The topological polar surface area (TPSA) is 89.9 Å². The number of halogens is 1. The molecule has 0 spiro atoms. The Morgan fingerprint density at radius 1 is 1.03 bits per heavy atom. The minimum Gasteiger partial charge on any atom is -0.493 e. The number of barbiturate groups is 1. The van der Waals surface area contributed by atoms with E-state index >= 15 is 0 Å². The molecule has 9 heteroatoms. The van der Waals surface area contributed by atoms with Crippen LogP contribution in [0.5, 0.6) is 11.5 Å². The van der Waals surface area contributed by atoms with Crippen molar-refractivity contribution in [3.63, 3.8) is 0 Å². The number of hydrogen-bond donors (Lipinski definition) is 1. The van der Waals surface area contributed by atoms with Crippen molar-refractivity contribution in [2.45, 2.75) is 20.4 Å². The van der Waals surface area contributed by atoms with Crippen LogP contribution in [0.1, 0.15) is 16.8 Å². The second kappa shape index (κ2) is 10.1. The van der Waals surface area contributed by atoms with Crippen molar-refractivity contribution in [3.8, 4) is 11.5 Å². The van der Waals surface area contributed by atoms with Gasteiger partial charge in [0, 0.05) is 16.9 Å². The molecular weight excluding hydrogens is 470 g/mol. The summed E-state index contributed by atoms with van der Waals surface area (Å²) in [5.74, 6) is -0.224. The summed E-state index contributed by atoms with van der Waals surface area (Å²) < 4.78 is 13.1. The number of carbonyl (C=O) groups is 3. The first-order chi connectivity index (χ1) is 16.8. The molecule has 8 nitrogen and oxygen atoms in total. The van der Waals surface area contributed by atoms with E-state index in [1.165, 1.54) is 12.1 Å². The van der Waals surface area contributed by atoms with Crippen molar-refractivity contribution in [2.75, 3.05) is 18.6 Å². The van der Waals surface area contributed by atoms with Crippen LogP contribution in [0.2, 0.25) is 5.02 Å². The number of amides is 4. The molecule has 4 amide bonds. The Morgan fingerprint density at radius 3 is 2.57 bits per heavy atom. The van der Waals surface area contributed by atoms with Crippen molar-refractivity contribution in [1.29, 1.82) is 0 Å². The van der Waals surface area contributed by atoms with Crippen molar-refractivity contribution in [3.05, 3.63) is 82.1 Å². The number of anilines is 1. The number of carbonyl (C=O) groups excluding carboxylic acids is 3. The molecule has 3 aromatic rings. The largest absolute Gasteiger partial charge is 0.493 e. The molecule has 0 radical (unpaired) electrons. The van der Waals surface area contributed by atoms with E-state index in [2.05, 4.69) is 5.32 Å². The van der Waals surface area contributed by atoms with Crippen LogP contribution in [0.3, 0.4) is 0 Å². The zero-order valence-corrected chi connectivity index (χ0v) is 20.3. The molecule has 0 unspecified atom stereocenters. The van der Waals surface area contributed by atoms with Gasteiger partial charge in [-0.05, 0) is 67.4 Å².